The molecular formula is C17H27N3O. The van der Waals surface area contributed by atoms with Crippen molar-refractivity contribution in [1.29, 1.82) is 0 Å². The van der Waals surface area contributed by atoms with Crippen LogP contribution in [0.2, 0.25) is 0 Å². The summed E-state index contributed by atoms with van der Waals surface area (Å²) in [5.41, 5.74) is 2.19. The van der Waals surface area contributed by atoms with Gasteiger partial charge in [-0.15, -0.1) is 0 Å². The fraction of sp³-hybridized carbons (Fsp3) is 0.588. The highest BCUT2D eigenvalue weighted by molar-refractivity contribution is 5.97. The Labute approximate surface area is 128 Å². The second-order valence-electron chi connectivity index (χ2n) is 6.34. The van der Waals surface area contributed by atoms with E-state index < -0.39 is 0 Å². The van der Waals surface area contributed by atoms with Crippen molar-refractivity contribution >= 4 is 17.3 Å². The van der Waals surface area contributed by atoms with E-state index in [1.807, 2.05) is 17.0 Å². The van der Waals surface area contributed by atoms with E-state index >= 15 is 0 Å². The zero-order chi connectivity index (χ0) is 15.4. The Morgan fingerprint density at radius 3 is 2.62 bits per heavy atom. The number of nitrogens with zero attached hydrogens (tertiary/aromatic N) is 2. The van der Waals surface area contributed by atoms with Gasteiger partial charge >= 0.3 is 0 Å². The first-order chi connectivity index (χ1) is 9.99. The summed E-state index contributed by atoms with van der Waals surface area (Å²) in [6, 6.07) is 8.61. The van der Waals surface area contributed by atoms with E-state index in [1.54, 1.807) is 0 Å². The van der Waals surface area contributed by atoms with Crippen LogP contribution >= 0.6 is 0 Å². The van der Waals surface area contributed by atoms with Crippen molar-refractivity contribution < 1.29 is 4.79 Å². The molecular weight excluding hydrogens is 262 g/mol. The SMILES string of the molecule is CC1CN(C)c2ccccc2N(C(=O)CCNC(C)C)C1. The number of benzene rings is 1. The standard InChI is InChI=1S/C17H27N3O/c1-13(2)18-10-9-17(21)20-12-14(3)11-19(4)15-7-5-6-8-16(15)20/h5-8,13-14,18H,9-12H2,1-4H3. The summed E-state index contributed by atoms with van der Waals surface area (Å²) in [7, 11) is 2.10. The molecule has 1 heterocycles. The number of carbonyl (C=O) groups excluding carboxylic acids is 1. The lowest BCUT2D eigenvalue weighted by Gasteiger charge is -2.25. The van der Waals surface area contributed by atoms with E-state index in [0.29, 0.717) is 18.4 Å². The summed E-state index contributed by atoms with van der Waals surface area (Å²) in [6.07, 6.45) is 0.545. The Morgan fingerprint density at radius 1 is 1.29 bits per heavy atom. The highest BCUT2D eigenvalue weighted by atomic mass is 16.2. The normalized spacial score (nSPS) is 18.6. The van der Waals surface area contributed by atoms with E-state index in [1.165, 1.54) is 0 Å². The van der Waals surface area contributed by atoms with Crippen molar-refractivity contribution in [3.63, 3.8) is 0 Å². The van der Waals surface area contributed by atoms with Gasteiger partial charge in [-0.1, -0.05) is 32.9 Å². The van der Waals surface area contributed by atoms with E-state index in [9.17, 15) is 4.79 Å². The number of rotatable bonds is 4. The molecule has 0 aromatic heterocycles. The van der Waals surface area contributed by atoms with Crippen LogP contribution < -0.4 is 15.1 Å². The minimum absolute atomic E-state index is 0.206. The molecule has 1 aromatic carbocycles. The van der Waals surface area contributed by atoms with Gasteiger partial charge in [0, 0.05) is 39.1 Å². The molecule has 0 saturated heterocycles. The van der Waals surface area contributed by atoms with E-state index in [4.69, 9.17) is 0 Å². The number of carbonyl (C=O) groups is 1. The molecule has 0 fully saturated rings. The van der Waals surface area contributed by atoms with Gasteiger partial charge in [0.25, 0.3) is 0 Å². The lowest BCUT2D eigenvalue weighted by Crippen LogP contribution is -2.37. The van der Waals surface area contributed by atoms with Crippen LogP contribution in [0.1, 0.15) is 27.2 Å². The summed E-state index contributed by atoms with van der Waals surface area (Å²) in [5.74, 6) is 0.669. The number of nitrogens with one attached hydrogen (secondary N) is 1. The van der Waals surface area contributed by atoms with Gasteiger partial charge in [-0.3, -0.25) is 4.79 Å². The molecule has 1 atom stereocenters. The maximum atomic E-state index is 12.6. The zero-order valence-electron chi connectivity index (χ0n) is 13.6. The Bertz CT molecular complexity index is 487. The summed E-state index contributed by atoms with van der Waals surface area (Å²) in [6.45, 7) is 8.91. The van der Waals surface area contributed by atoms with Crippen molar-refractivity contribution in [1.82, 2.24) is 5.32 Å². The molecule has 1 aromatic rings. The third-order valence-electron chi connectivity index (χ3n) is 3.86. The van der Waals surface area contributed by atoms with Crippen LogP contribution in [0.3, 0.4) is 0 Å². The first-order valence-corrected chi connectivity index (χ1v) is 7.83. The highest BCUT2D eigenvalue weighted by Crippen LogP contribution is 2.32. The number of para-hydroxylation sites is 2. The quantitative estimate of drug-likeness (QED) is 0.925. The number of anilines is 2. The molecule has 116 valence electrons. The number of fused-ring (bicyclic) bond motifs is 1. The van der Waals surface area contributed by atoms with Crippen LogP contribution in [0, 0.1) is 5.92 Å². The minimum Gasteiger partial charge on any atom is -0.373 e. The summed E-state index contributed by atoms with van der Waals surface area (Å²) in [4.78, 5) is 16.8. The van der Waals surface area contributed by atoms with E-state index in [2.05, 4.69) is 50.2 Å². The largest absolute Gasteiger partial charge is 0.373 e. The van der Waals surface area contributed by atoms with Crippen LogP contribution in [0.25, 0.3) is 0 Å². The van der Waals surface area contributed by atoms with Crippen LogP contribution in [0.4, 0.5) is 11.4 Å². The number of amides is 1. The number of hydrogen-bond acceptors (Lipinski definition) is 3. The van der Waals surface area contributed by atoms with Gasteiger partial charge in [-0.05, 0) is 18.1 Å². The third-order valence-corrected chi connectivity index (χ3v) is 3.86. The van der Waals surface area contributed by atoms with Crippen LogP contribution in [-0.4, -0.2) is 38.6 Å². The highest BCUT2D eigenvalue weighted by Gasteiger charge is 2.25. The van der Waals surface area contributed by atoms with Gasteiger partial charge in [0.15, 0.2) is 0 Å². The molecule has 2 rings (SSSR count). The molecule has 1 aliphatic rings. The smallest absolute Gasteiger partial charge is 0.228 e. The van der Waals surface area contributed by atoms with Crippen molar-refractivity contribution in [2.24, 2.45) is 5.92 Å². The second kappa shape index (κ2) is 6.94. The summed E-state index contributed by atoms with van der Waals surface area (Å²) in [5, 5.41) is 3.32. The molecule has 0 aliphatic carbocycles. The first kappa shape index (κ1) is 15.8. The van der Waals surface area contributed by atoms with Crippen molar-refractivity contribution in [3.8, 4) is 0 Å². The van der Waals surface area contributed by atoms with Crippen LogP contribution in [0.5, 0.6) is 0 Å². The lowest BCUT2D eigenvalue weighted by atomic mass is 10.1. The molecule has 4 heteroatoms. The first-order valence-electron chi connectivity index (χ1n) is 7.83. The molecule has 1 amide bonds. The van der Waals surface area contributed by atoms with E-state index in [-0.39, 0.29) is 5.91 Å². The van der Waals surface area contributed by atoms with Gasteiger partial charge in [0.05, 0.1) is 11.4 Å². The van der Waals surface area contributed by atoms with Gasteiger partial charge in [-0.25, -0.2) is 0 Å². The van der Waals surface area contributed by atoms with Crippen LogP contribution in [0.15, 0.2) is 24.3 Å². The maximum Gasteiger partial charge on any atom is 0.228 e. The van der Waals surface area contributed by atoms with Gasteiger partial charge in [0.1, 0.15) is 0 Å². The molecule has 1 aliphatic heterocycles. The predicted molar refractivity (Wildman–Crippen MR) is 89.0 cm³/mol. The third kappa shape index (κ3) is 3.97. The Balaban J connectivity index is 2.16. The minimum atomic E-state index is 0.206. The average Bonchev–Trinajstić information content (AvgIpc) is 2.56. The molecule has 0 spiro atoms. The summed E-state index contributed by atoms with van der Waals surface area (Å²) < 4.78 is 0. The molecule has 0 saturated carbocycles. The monoisotopic (exact) mass is 289 g/mol. The van der Waals surface area contributed by atoms with Crippen molar-refractivity contribution in [3.05, 3.63) is 24.3 Å². The Morgan fingerprint density at radius 2 is 1.95 bits per heavy atom. The predicted octanol–water partition coefficient (Wildman–Crippen LogP) is 2.49. The van der Waals surface area contributed by atoms with Gasteiger partial charge in [0.2, 0.25) is 5.91 Å². The molecule has 0 bridgehead atoms. The molecule has 21 heavy (non-hydrogen) atoms. The topological polar surface area (TPSA) is 35.6 Å². The molecule has 1 unspecified atom stereocenters. The van der Waals surface area contributed by atoms with Crippen LogP contribution in [-0.2, 0) is 4.79 Å². The molecule has 1 N–H and O–H groups in total. The average molecular weight is 289 g/mol. The lowest BCUT2D eigenvalue weighted by molar-refractivity contribution is -0.118. The molecule has 4 nitrogen and oxygen atoms in total. The fourth-order valence-electron chi connectivity index (χ4n) is 2.89. The Hall–Kier alpha value is -1.55. The van der Waals surface area contributed by atoms with Crippen molar-refractivity contribution in [2.45, 2.75) is 33.2 Å². The van der Waals surface area contributed by atoms with Gasteiger partial charge in [-0.2, -0.15) is 0 Å². The van der Waals surface area contributed by atoms with Crippen molar-refractivity contribution in [2.75, 3.05) is 36.5 Å². The summed E-state index contributed by atoms with van der Waals surface area (Å²) >= 11 is 0. The maximum absolute atomic E-state index is 12.6. The number of hydrogen-bond donors (Lipinski definition) is 1. The van der Waals surface area contributed by atoms with E-state index in [0.717, 1.165) is 31.0 Å². The Kier molecular flexibility index (Phi) is 5.23. The fourth-order valence-corrected chi connectivity index (χ4v) is 2.89. The van der Waals surface area contributed by atoms with Gasteiger partial charge < -0.3 is 15.1 Å². The second-order valence-corrected chi connectivity index (χ2v) is 6.34. The zero-order valence-corrected chi connectivity index (χ0v) is 13.6. The molecule has 0 radical (unpaired) electrons.